The molecule has 25 heavy (non-hydrogen) atoms. The number of aryl methyl sites for hydroxylation is 1. The van der Waals surface area contributed by atoms with E-state index in [0.717, 1.165) is 45.7 Å². The summed E-state index contributed by atoms with van der Waals surface area (Å²) in [6, 6.07) is 1.65. The number of anilines is 1. The van der Waals surface area contributed by atoms with Crippen LogP contribution in [-0.4, -0.2) is 67.8 Å². The summed E-state index contributed by atoms with van der Waals surface area (Å²) in [5.41, 5.74) is 0. The van der Waals surface area contributed by atoms with Crippen LogP contribution in [0.1, 0.15) is 31.9 Å². The van der Waals surface area contributed by atoms with Crippen LogP contribution in [0.2, 0.25) is 0 Å². The van der Waals surface area contributed by atoms with Crippen LogP contribution < -0.4 is 10.2 Å². The standard InChI is InChI=1S/C17H28N4O4/c1-3-4-5-17(23)21(7-6-20-8-10-24-11-9-20)13-16(22)18-15-12-14(2)25-19-15/h12H,3-11,13H2,1-2H3,(H,18,19,22)/p+1. The number of quaternary nitrogens is 1. The molecule has 0 spiro atoms. The zero-order valence-electron chi connectivity index (χ0n) is 15.2. The average Bonchev–Trinajstić information content (AvgIpc) is 3.02. The Hall–Kier alpha value is -1.93. The average molecular weight is 353 g/mol. The number of hydrogen-bond donors (Lipinski definition) is 2. The lowest BCUT2D eigenvalue weighted by molar-refractivity contribution is -0.907. The van der Waals surface area contributed by atoms with Gasteiger partial charge in [0.25, 0.3) is 0 Å². The maximum Gasteiger partial charge on any atom is 0.245 e. The summed E-state index contributed by atoms with van der Waals surface area (Å²) in [4.78, 5) is 27.8. The summed E-state index contributed by atoms with van der Waals surface area (Å²) < 4.78 is 10.3. The van der Waals surface area contributed by atoms with Gasteiger partial charge in [0.2, 0.25) is 11.8 Å². The van der Waals surface area contributed by atoms with Crippen molar-refractivity contribution in [3.8, 4) is 0 Å². The minimum absolute atomic E-state index is 0.0287. The lowest BCUT2D eigenvalue weighted by Gasteiger charge is -2.27. The van der Waals surface area contributed by atoms with Crippen molar-refractivity contribution in [3.63, 3.8) is 0 Å². The molecule has 1 aromatic rings. The van der Waals surface area contributed by atoms with Crippen LogP contribution in [0.25, 0.3) is 0 Å². The summed E-state index contributed by atoms with van der Waals surface area (Å²) in [7, 11) is 0. The molecule has 0 aliphatic carbocycles. The molecule has 8 heteroatoms. The minimum atomic E-state index is -0.255. The highest BCUT2D eigenvalue weighted by Gasteiger charge is 2.21. The molecular weight excluding hydrogens is 324 g/mol. The number of aromatic nitrogens is 1. The highest BCUT2D eigenvalue weighted by Crippen LogP contribution is 2.07. The Morgan fingerprint density at radius 1 is 1.36 bits per heavy atom. The van der Waals surface area contributed by atoms with E-state index >= 15 is 0 Å². The molecule has 1 saturated heterocycles. The molecule has 1 aliphatic rings. The van der Waals surface area contributed by atoms with Crippen molar-refractivity contribution in [2.24, 2.45) is 0 Å². The van der Waals surface area contributed by atoms with Crippen molar-refractivity contribution in [1.82, 2.24) is 10.1 Å². The van der Waals surface area contributed by atoms with Crippen LogP contribution in [0.5, 0.6) is 0 Å². The highest BCUT2D eigenvalue weighted by molar-refractivity contribution is 5.93. The van der Waals surface area contributed by atoms with Crippen LogP contribution in [0.4, 0.5) is 5.82 Å². The summed E-state index contributed by atoms with van der Waals surface area (Å²) in [5, 5.41) is 6.43. The largest absolute Gasteiger partial charge is 0.370 e. The Labute approximate surface area is 148 Å². The van der Waals surface area contributed by atoms with E-state index in [-0.39, 0.29) is 18.4 Å². The lowest BCUT2D eigenvalue weighted by Crippen LogP contribution is -3.14. The fourth-order valence-electron chi connectivity index (χ4n) is 2.76. The van der Waals surface area contributed by atoms with Crippen molar-refractivity contribution in [2.45, 2.75) is 33.1 Å². The third kappa shape index (κ3) is 6.83. The molecule has 140 valence electrons. The normalized spacial score (nSPS) is 15.1. The number of carbonyl (C=O) groups excluding carboxylic acids is 2. The molecule has 1 aromatic heterocycles. The molecule has 0 saturated carbocycles. The monoisotopic (exact) mass is 353 g/mol. The van der Waals surface area contributed by atoms with E-state index in [0.29, 0.717) is 24.5 Å². The van der Waals surface area contributed by atoms with E-state index in [1.807, 2.05) is 0 Å². The smallest absolute Gasteiger partial charge is 0.245 e. The number of morpholine rings is 1. The van der Waals surface area contributed by atoms with E-state index in [9.17, 15) is 9.59 Å². The minimum Gasteiger partial charge on any atom is -0.370 e. The lowest BCUT2D eigenvalue weighted by atomic mass is 10.2. The summed E-state index contributed by atoms with van der Waals surface area (Å²) in [6.45, 7) is 8.65. The molecular formula is C17H29N4O4+. The van der Waals surface area contributed by atoms with Gasteiger partial charge in [-0.2, -0.15) is 0 Å². The summed E-state index contributed by atoms with van der Waals surface area (Å²) in [6.07, 6.45) is 2.27. The molecule has 0 radical (unpaired) electrons. The number of nitrogens with zero attached hydrogens (tertiary/aromatic N) is 2. The molecule has 0 atom stereocenters. The molecule has 0 bridgehead atoms. The SMILES string of the molecule is CCCCC(=O)N(CC[NH+]1CCOCC1)CC(=O)Nc1cc(C)on1. The molecule has 1 aliphatic heterocycles. The molecule has 0 aromatic carbocycles. The number of ether oxygens (including phenoxy) is 1. The van der Waals surface area contributed by atoms with Gasteiger partial charge in [-0.05, 0) is 13.3 Å². The van der Waals surface area contributed by atoms with Crippen LogP contribution in [0, 0.1) is 6.92 Å². The van der Waals surface area contributed by atoms with E-state index in [4.69, 9.17) is 9.26 Å². The Morgan fingerprint density at radius 3 is 2.76 bits per heavy atom. The van der Waals surface area contributed by atoms with Crippen LogP contribution in [0.3, 0.4) is 0 Å². The fourth-order valence-corrected chi connectivity index (χ4v) is 2.76. The maximum atomic E-state index is 12.4. The molecule has 2 heterocycles. The first-order valence-corrected chi connectivity index (χ1v) is 9.00. The second-order valence-electron chi connectivity index (χ2n) is 6.40. The number of hydrogen-bond acceptors (Lipinski definition) is 5. The molecule has 1 fully saturated rings. The van der Waals surface area contributed by atoms with E-state index in [1.54, 1.807) is 17.9 Å². The van der Waals surface area contributed by atoms with Gasteiger partial charge < -0.3 is 24.4 Å². The fraction of sp³-hybridized carbons (Fsp3) is 0.706. The van der Waals surface area contributed by atoms with E-state index < -0.39 is 0 Å². The van der Waals surface area contributed by atoms with Gasteiger partial charge >= 0.3 is 0 Å². The quantitative estimate of drug-likeness (QED) is 0.645. The van der Waals surface area contributed by atoms with Crippen molar-refractivity contribution in [3.05, 3.63) is 11.8 Å². The first kappa shape index (κ1) is 19.4. The van der Waals surface area contributed by atoms with Crippen molar-refractivity contribution < 1.29 is 23.7 Å². The van der Waals surface area contributed by atoms with Gasteiger partial charge in [-0.15, -0.1) is 0 Å². The summed E-state index contributed by atoms with van der Waals surface area (Å²) in [5.74, 6) is 0.778. The molecule has 8 nitrogen and oxygen atoms in total. The number of unbranched alkanes of at least 4 members (excludes halogenated alkanes) is 1. The number of rotatable bonds is 9. The zero-order valence-corrected chi connectivity index (χ0v) is 15.2. The Balaban J connectivity index is 1.87. The molecule has 2 rings (SSSR count). The Bertz CT molecular complexity index is 555. The van der Waals surface area contributed by atoms with E-state index in [2.05, 4.69) is 17.4 Å². The van der Waals surface area contributed by atoms with Gasteiger partial charge in [0.05, 0.1) is 26.3 Å². The predicted molar refractivity (Wildman–Crippen MR) is 92.4 cm³/mol. The van der Waals surface area contributed by atoms with Gasteiger partial charge in [0, 0.05) is 12.5 Å². The Morgan fingerprint density at radius 2 is 2.12 bits per heavy atom. The number of amides is 2. The van der Waals surface area contributed by atoms with Crippen molar-refractivity contribution in [2.75, 3.05) is 51.3 Å². The summed E-state index contributed by atoms with van der Waals surface area (Å²) >= 11 is 0. The topological polar surface area (TPSA) is 89.1 Å². The second-order valence-corrected chi connectivity index (χ2v) is 6.40. The second kappa shape index (κ2) is 10.1. The predicted octanol–water partition coefficient (Wildman–Crippen LogP) is -0.145. The zero-order chi connectivity index (χ0) is 18.1. The third-order valence-corrected chi connectivity index (χ3v) is 4.26. The molecule has 2 N–H and O–H groups in total. The molecule has 0 unspecified atom stereocenters. The van der Waals surface area contributed by atoms with Gasteiger partial charge in [-0.25, -0.2) is 0 Å². The first-order valence-electron chi connectivity index (χ1n) is 9.00. The molecule has 2 amide bonds. The van der Waals surface area contributed by atoms with Crippen molar-refractivity contribution >= 4 is 17.6 Å². The van der Waals surface area contributed by atoms with Gasteiger partial charge in [-0.3, -0.25) is 9.59 Å². The van der Waals surface area contributed by atoms with Gasteiger partial charge in [0.1, 0.15) is 25.4 Å². The Kier molecular flexibility index (Phi) is 7.87. The van der Waals surface area contributed by atoms with Crippen molar-refractivity contribution in [1.29, 1.82) is 0 Å². The number of nitrogens with one attached hydrogen (secondary N) is 2. The van der Waals surface area contributed by atoms with Crippen LogP contribution >= 0.6 is 0 Å². The first-order chi connectivity index (χ1) is 12.1. The van der Waals surface area contributed by atoms with E-state index in [1.165, 1.54) is 4.90 Å². The maximum absolute atomic E-state index is 12.4. The van der Waals surface area contributed by atoms with Crippen LogP contribution in [-0.2, 0) is 14.3 Å². The third-order valence-electron chi connectivity index (χ3n) is 4.26. The number of carbonyl (C=O) groups is 2. The van der Waals surface area contributed by atoms with Gasteiger partial charge in [-0.1, -0.05) is 18.5 Å². The highest BCUT2D eigenvalue weighted by atomic mass is 16.5. The van der Waals surface area contributed by atoms with Crippen LogP contribution in [0.15, 0.2) is 10.6 Å². The van der Waals surface area contributed by atoms with Gasteiger partial charge in [0.15, 0.2) is 5.82 Å².